The molecule has 1 aliphatic rings. The molecule has 1 N–H and O–H groups in total. The second-order valence-electron chi connectivity index (χ2n) is 4.76. The van der Waals surface area contributed by atoms with Gasteiger partial charge in [0.1, 0.15) is 12.4 Å². The van der Waals surface area contributed by atoms with E-state index in [1.165, 1.54) is 6.42 Å². The number of aliphatic hydroxyl groups excluding tert-OH is 1. The number of ether oxygens (including phenoxy) is 3. The van der Waals surface area contributed by atoms with Gasteiger partial charge in [-0.3, -0.25) is 0 Å². The molecule has 1 saturated heterocycles. The Kier molecular flexibility index (Phi) is 5.63. The van der Waals surface area contributed by atoms with E-state index >= 15 is 0 Å². The second kappa shape index (κ2) is 7.48. The van der Waals surface area contributed by atoms with Crippen LogP contribution in [0.5, 0.6) is 5.75 Å². The Labute approximate surface area is 114 Å². The summed E-state index contributed by atoms with van der Waals surface area (Å²) in [5.74, 6) is 0.756. The Morgan fingerprint density at radius 1 is 1.37 bits per heavy atom. The molecule has 2 rings (SSSR count). The van der Waals surface area contributed by atoms with Crippen LogP contribution in [-0.4, -0.2) is 31.2 Å². The van der Waals surface area contributed by atoms with Crippen molar-refractivity contribution < 1.29 is 19.3 Å². The molecule has 0 aliphatic carbocycles. The Bertz CT molecular complexity index is 372. The number of hydrogen-bond donors (Lipinski definition) is 1. The van der Waals surface area contributed by atoms with Crippen molar-refractivity contribution in [1.29, 1.82) is 0 Å². The summed E-state index contributed by atoms with van der Waals surface area (Å²) in [6.45, 7) is 3.54. The van der Waals surface area contributed by atoms with E-state index in [1.54, 1.807) is 6.92 Å². The highest BCUT2D eigenvalue weighted by Crippen LogP contribution is 2.19. The normalized spacial score (nSPS) is 21.1. The van der Waals surface area contributed by atoms with Crippen molar-refractivity contribution in [2.45, 2.75) is 38.6 Å². The van der Waals surface area contributed by atoms with Gasteiger partial charge in [-0.05, 0) is 43.9 Å². The van der Waals surface area contributed by atoms with Crippen LogP contribution < -0.4 is 4.74 Å². The molecule has 0 amide bonds. The summed E-state index contributed by atoms with van der Waals surface area (Å²) in [5, 5.41) is 9.49. The third kappa shape index (κ3) is 4.82. The van der Waals surface area contributed by atoms with E-state index < -0.39 is 6.10 Å². The van der Waals surface area contributed by atoms with Crippen molar-refractivity contribution in [3.05, 3.63) is 29.8 Å². The number of benzene rings is 1. The van der Waals surface area contributed by atoms with Crippen molar-refractivity contribution in [3.8, 4) is 5.75 Å². The topological polar surface area (TPSA) is 47.9 Å². The molecular weight excluding hydrogens is 244 g/mol. The van der Waals surface area contributed by atoms with Crippen molar-refractivity contribution in [2.75, 3.05) is 19.8 Å². The van der Waals surface area contributed by atoms with Crippen LogP contribution in [-0.2, 0) is 9.47 Å². The van der Waals surface area contributed by atoms with E-state index in [0.717, 1.165) is 30.8 Å². The largest absolute Gasteiger partial charge is 0.491 e. The van der Waals surface area contributed by atoms with Gasteiger partial charge in [0.2, 0.25) is 0 Å². The van der Waals surface area contributed by atoms with Gasteiger partial charge in [0.15, 0.2) is 6.29 Å². The van der Waals surface area contributed by atoms with Crippen LogP contribution in [0.2, 0.25) is 0 Å². The van der Waals surface area contributed by atoms with Gasteiger partial charge in [0.25, 0.3) is 0 Å². The lowest BCUT2D eigenvalue weighted by molar-refractivity contribution is -0.165. The maximum atomic E-state index is 9.49. The maximum Gasteiger partial charge on any atom is 0.157 e. The Morgan fingerprint density at radius 2 is 2.26 bits per heavy atom. The van der Waals surface area contributed by atoms with Gasteiger partial charge >= 0.3 is 0 Å². The standard InChI is InChI=1S/C15H22O4/c1-12(16)13-5-4-6-14(11-13)17-9-10-19-15-7-2-3-8-18-15/h4-6,11-12,15-16H,2-3,7-10H2,1H3. The van der Waals surface area contributed by atoms with E-state index in [2.05, 4.69) is 0 Å². The van der Waals surface area contributed by atoms with Crippen molar-refractivity contribution >= 4 is 0 Å². The fraction of sp³-hybridized carbons (Fsp3) is 0.600. The molecular formula is C15H22O4. The molecule has 106 valence electrons. The van der Waals surface area contributed by atoms with Crippen LogP contribution >= 0.6 is 0 Å². The predicted molar refractivity (Wildman–Crippen MR) is 72.1 cm³/mol. The van der Waals surface area contributed by atoms with Crippen molar-refractivity contribution in [2.24, 2.45) is 0 Å². The fourth-order valence-electron chi connectivity index (χ4n) is 2.05. The molecule has 4 nitrogen and oxygen atoms in total. The first kappa shape index (κ1) is 14.3. The summed E-state index contributed by atoms with van der Waals surface area (Å²) in [7, 11) is 0. The molecule has 1 fully saturated rings. The quantitative estimate of drug-likeness (QED) is 0.804. The first-order valence-corrected chi connectivity index (χ1v) is 6.90. The average Bonchev–Trinajstić information content (AvgIpc) is 2.45. The van der Waals surface area contributed by atoms with Crippen LogP contribution in [0.4, 0.5) is 0 Å². The van der Waals surface area contributed by atoms with Crippen LogP contribution in [0.1, 0.15) is 37.9 Å². The molecule has 19 heavy (non-hydrogen) atoms. The average molecular weight is 266 g/mol. The highest BCUT2D eigenvalue weighted by Gasteiger charge is 2.13. The Balaban J connectivity index is 1.68. The highest BCUT2D eigenvalue weighted by molar-refractivity contribution is 5.29. The molecule has 1 heterocycles. The zero-order valence-electron chi connectivity index (χ0n) is 11.4. The molecule has 0 spiro atoms. The highest BCUT2D eigenvalue weighted by atomic mass is 16.7. The third-order valence-corrected chi connectivity index (χ3v) is 3.13. The van der Waals surface area contributed by atoms with Gasteiger partial charge in [0, 0.05) is 6.61 Å². The third-order valence-electron chi connectivity index (χ3n) is 3.13. The fourth-order valence-corrected chi connectivity index (χ4v) is 2.05. The molecule has 0 radical (unpaired) electrons. The molecule has 0 bridgehead atoms. The zero-order valence-corrected chi connectivity index (χ0v) is 11.4. The first-order valence-electron chi connectivity index (χ1n) is 6.90. The minimum atomic E-state index is -0.476. The van der Waals surface area contributed by atoms with Crippen LogP contribution in [0.25, 0.3) is 0 Å². The molecule has 1 aliphatic heterocycles. The summed E-state index contributed by atoms with van der Waals surface area (Å²) >= 11 is 0. The second-order valence-corrected chi connectivity index (χ2v) is 4.76. The maximum absolute atomic E-state index is 9.49. The summed E-state index contributed by atoms with van der Waals surface area (Å²) in [4.78, 5) is 0. The lowest BCUT2D eigenvalue weighted by atomic mass is 10.1. The van der Waals surface area contributed by atoms with E-state index in [4.69, 9.17) is 14.2 Å². The van der Waals surface area contributed by atoms with Crippen LogP contribution in [0.15, 0.2) is 24.3 Å². The zero-order chi connectivity index (χ0) is 13.5. The van der Waals surface area contributed by atoms with Gasteiger partial charge in [-0.2, -0.15) is 0 Å². The monoisotopic (exact) mass is 266 g/mol. The minimum absolute atomic E-state index is 0.0684. The smallest absolute Gasteiger partial charge is 0.157 e. The predicted octanol–water partition coefficient (Wildman–Crippen LogP) is 2.66. The molecule has 2 unspecified atom stereocenters. The molecule has 4 heteroatoms. The first-order chi connectivity index (χ1) is 9.25. The SMILES string of the molecule is CC(O)c1cccc(OCCOC2CCCCO2)c1. The summed E-state index contributed by atoms with van der Waals surface area (Å²) in [6, 6.07) is 7.48. The van der Waals surface area contributed by atoms with E-state index in [-0.39, 0.29) is 6.29 Å². The lowest BCUT2D eigenvalue weighted by Gasteiger charge is -2.22. The van der Waals surface area contributed by atoms with E-state index in [1.807, 2.05) is 24.3 Å². The number of rotatable bonds is 6. The van der Waals surface area contributed by atoms with Gasteiger partial charge in [-0.15, -0.1) is 0 Å². The molecule has 0 aromatic heterocycles. The van der Waals surface area contributed by atoms with Gasteiger partial charge < -0.3 is 19.3 Å². The molecule has 1 aromatic carbocycles. The minimum Gasteiger partial charge on any atom is -0.491 e. The Morgan fingerprint density at radius 3 is 3.00 bits per heavy atom. The summed E-state index contributed by atoms with van der Waals surface area (Å²) in [5.41, 5.74) is 0.856. The molecule has 1 aromatic rings. The van der Waals surface area contributed by atoms with Crippen LogP contribution in [0, 0.1) is 0 Å². The summed E-state index contributed by atoms with van der Waals surface area (Å²) < 4.78 is 16.7. The molecule has 0 saturated carbocycles. The van der Waals surface area contributed by atoms with Gasteiger partial charge in [0.05, 0.1) is 12.7 Å². The van der Waals surface area contributed by atoms with Gasteiger partial charge in [-0.1, -0.05) is 12.1 Å². The van der Waals surface area contributed by atoms with Crippen molar-refractivity contribution in [1.82, 2.24) is 0 Å². The summed E-state index contributed by atoms with van der Waals surface area (Å²) in [6.07, 6.45) is 2.72. The van der Waals surface area contributed by atoms with E-state index in [9.17, 15) is 5.11 Å². The Hall–Kier alpha value is -1.10. The van der Waals surface area contributed by atoms with Crippen molar-refractivity contribution in [3.63, 3.8) is 0 Å². The van der Waals surface area contributed by atoms with Crippen LogP contribution in [0.3, 0.4) is 0 Å². The molecule has 2 atom stereocenters. The van der Waals surface area contributed by atoms with Gasteiger partial charge in [-0.25, -0.2) is 0 Å². The number of hydrogen-bond acceptors (Lipinski definition) is 4. The lowest BCUT2D eigenvalue weighted by Crippen LogP contribution is -2.24. The number of aliphatic hydroxyl groups is 1. The van der Waals surface area contributed by atoms with E-state index in [0.29, 0.717) is 13.2 Å².